The number of ether oxygens (including phenoxy) is 1. The molecule has 0 aromatic heterocycles. The maximum absolute atomic E-state index is 14.6. The summed E-state index contributed by atoms with van der Waals surface area (Å²) in [5.41, 5.74) is 0. The topological polar surface area (TPSA) is 93.6 Å². The van der Waals surface area contributed by atoms with E-state index in [2.05, 4.69) is 31.9 Å². The van der Waals surface area contributed by atoms with Gasteiger partial charge in [0, 0.05) is 51.1 Å². The highest BCUT2D eigenvalue weighted by Crippen LogP contribution is 2.67. The minimum Gasteiger partial charge on any atom is -0.394 e. The van der Waals surface area contributed by atoms with Crippen LogP contribution in [0.3, 0.4) is 0 Å². The number of likely N-dealkylation sites (tertiary alicyclic amines) is 1. The lowest BCUT2D eigenvalue weighted by molar-refractivity contribution is -0.147. The number of fused-ring (bicyclic) bond motifs is 1. The van der Waals surface area contributed by atoms with Crippen molar-refractivity contribution >= 4 is 29.5 Å². The fourth-order valence-corrected chi connectivity index (χ4v) is 9.69. The van der Waals surface area contributed by atoms with Crippen LogP contribution in [0, 0.1) is 17.8 Å². The predicted molar refractivity (Wildman–Crippen MR) is 162 cm³/mol. The summed E-state index contributed by atoms with van der Waals surface area (Å²) in [6.45, 7) is 19.5. The number of aliphatic hydroxyl groups excluding tert-OH is 1. The van der Waals surface area contributed by atoms with Crippen LogP contribution in [0.25, 0.3) is 0 Å². The predicted octanol–water partition coefficient (Wildman–Crippen LogP) is 2.26. The molecular formula is C31H50N4O5S. The number of carbonyl (C=O) groups excluding carboxylic acids is 3. The van der Waals surface area contributed by atoms with Gasteiger partial charge in [0.2, 0.25) is 17.7 Å². The van der Waals surface area contributed by atoms with E-state index in [1.807, 2.05) is 16.7 Å². The first-order chi connectivity index (χ1) is 19.7. The first-order valence-corrected chi connectivity index (χ1v) is 16.3. The third-order valence-corrected chi connectivity index (χ3v) is 11.2. The number of rotatable bonds is 15. The van der Waals surface area contributed by atoms with E-state index in [-0.39, 0.29) is 35.5 Å². The highest BCUT2D eigenvalue weighted by atomic mass is 32.2. The van der Waals surface area contributed by atoms with Crippen LogP contribution in [0.2, 0.25) is 0 Å². The van der Waals surface area contributed by atoms with Gasteiger partial charge in [-0.15, -0.1) is 24.9 Å². The smallest absolute Gasteiger partial charge is 0.247 e. The fourth-order valence-electron chi connectivity index (χ4n) is 7.50. The van der Waals surface area contributed by atoms with Crippen molar-refractivity contribution in [3.8, 4) is 0 Å². The second kappa shape index (κ2) is 14.1. The van der Waals surface area contributed by atoms with Gasteiger partial charge in [0.05, 0.1) is 42.4 Å². The molecule has 0 saturated carbocycles. The number of hydrogen-bond donors (Lipinski definition) is 1. The van der Waals surface area contributed by atoms with Gasteiger partial charge in [0.1, 0.15) is 6.04 Å². The summed E-state index contributed by atoms with van der Waals surface area (Å²) in [6, 6.07) is -1.19. The largest absolute Gasteiger partial charge is 0.394 e. The molecule has 4 aliphatic rings. The Morgan fingerprint density at radius 3 is 2.39 bits per heavy atom. The number of morpholine rings is 1. The molecule has 1 N–H and O–H groups in total. The molecule has 0 aromatic rings. The Labute approximate surface area is 250 Å². The number of thioether (sulfide) groups is 1. The molecule has 1 spiro atoms. The molecular weight excluding hydrogens is 540 g/mol. The lowest BCUT2D eigenvalue weighted by atomic mass is 9.70. The van der Waals surface area contributed by atoms with Crippen molar-refractivity contribution in [2.75, 3.05) is 65.6 Å². The molecule has 4 fully saturated rings. The van der Waals surface area contributed by atoms with Gasteiger partial charge in [-0.2, -0.15) is 0 Å². The summed E-state index contributed by atoms with van der Waals surface area (Å²) in [5.74, 6) is -1.03. The zero-order valence-corrected chi connectivity index (χ0v) is 26.0. The third-order valence-electron chi connectivity index (χ3n) is 9.21. The average Bonchev–Trinajstić information content (AvgIpc) is 3.61. The van der Waals surface area contributed by atoms with Gasteiger partial charge in [0.15, 0.2) is 0 Å². The van der Waals surface area contributed by atoms with Gasteiger partial charge in [0.25, 0.3) is 0 Å². The lowest BCUT2D eigenvalue weighted by Crippen LogP contribution is -2.58. The van der Waals surface area contributed by atoms with E-state index in [1.54, 1.807) is 28.8 Å². The molecule has 0 aromatic carbocycles. The number of carbonyl (C=O) groups is 3. The van der Waals surface area contributed by atoms with Gasteiger partial charge in [-0.1, -0.05) is 32.9 Å². The van der Waals surface area contributed by atoms with Crippen molar-refractivity contribution in [1.29, 1.82) is 0 Å². The van der Waals surface area contributed by atoms with Crippen LogP contribution in [0.15, 0.2) is 25.3 Å². The zero-order chi connectivity index (χ0) is 29.7. The van der Waals surface area contributed by atoms with Gasteiger partial charge in [-0.25, -0.2) is 0 Å². The molecule has 4 aliphatic heterocycles. The fraction of sp³-hybridized carbons (Fsp3) is 0.774. The molecule has 3 amide bonds. The highest BCUT2D eigenvalue weighted by Gasteiger charge is 2.74. The Kier molecular flexibility index (Phi) is 11.0. The Morgan fingerprint density at radius 1 is 1.15 bits per heavy atom. The summed E-state index contributed by atoms with van der Waals surface area (Å²) in [4.78, 5) is 50.9. The summed E-state index contributed by atoms with van der Waals surface area (Å²) in [7, 11) is 0. The van der Waals surface area contributed by atoms with Crippen LogP contribution < -0.4 is 0 Å². The van der Waals surface area contributed by atoms with Crippen molar-refractivity contribution in [2.45, 2.75) is 68.5 Å². The van der Waals surface area contributed by atoms with Crippen LogP contribution in [-0.2, 0) is 19.1 Å². The maximum atomic E-state index is 14.6. The van der Waals surface area contributed by atoms with Crippen molar-refractivity contribution in [3.63, 3.8) is 0 Å². The third kappa shape index (κ3) is 6.26. The van der Waals surface area contributed by atoms with Crippen molar-refractivity contribution < 1.29 is 24.2 Å². The monoisotopic (exact) mass is 590 g/mol. The van der Waals surface area contributed by atoms with Gasteiger partial charge >= 0.3 is 0 Å². The molecule has 41 heavy (non-hydrogen) atoms. The van der Waals surface area contributed by atoms with E-state index in [0.29, 0.717) is 45.8 Å². The molecule has 4 heterocycles. The quantitative estimate of drug-likeness (QED) is 0.293. The molecule has 10 heteroatoms. The number of hydrogen-bond acceptors (Lipinski definition) is 7. The molecule has 0 aliphatic carbocycles. The molecule has 6 atom stereocenters. The number of aliphatic hydroxyl groups is 1. The summed E-state index contributed by atoms with van der Waals surface area (Å²) in [6.07, 6.45) is 6.42. The van der Waals surface area contributed by atoms with Crippen molar-refractivity contribution in [1.82, 2.24) is 19.6 Å². The van der Waals surface area contributed by atoms with E-state index in [1.165, 1.54) is 0 Å². The Morgan fingerprint density at radius 2 is 1.80 bits per heavy atom. The SMILES string of the molecule is C=CCN(CCN1CCOCC1)C(=O)C1N([C@@H](CO)CC(C)C)C(=O)[C@@H]2[C@H](C(=O)N(CC=C)CCC)[C@@H]3CCC12S3. The molecule has 2 unspecified atom stereocenters. The van der Waals surface area contributed by atoms with E-state index >= 15 is 0 Å². The number of amides is 3. The van der Waals surface area contributed by atoms with E-state index in [0.717, 1.165) is 38.9 Å². The van der Waals surface area contributed by atoms with Gasteiger partial charge in [-0.05, 0) is 31.6 Å². The molecule has 4 rings (SSSR count). The van der Waals surface area contributed by atoms with Crippen molar-refractivity contribution in [2.24, 2.45) is 17.8 Å². The zero-order valence-electron chi connectivity index (χ0n) is 25.2. The van der Waals surface area contributed by atoms with Crippen LogP contribution in [-0.4, -0.2) is 130 Å². The molecule has 0 radical (unpaired) electrons. The Bertz CT molecular complexity index is 972. The van der Waals surface area contributed by atoms with Crippen LogP contribution in [0.1, 0.15) is 46.5 Å². The first kappa shape index (κ1) is 32.0. The lowest BCUT2D eigenvalue weighted by Gasteiger charge is -2.40. The van der Waals surface area contributed by atoms with Crippen LogP contribution >= 0.6 is 11.8 Å². The highest BCUT2D eigenvalue weighted by molar-refractivity contribution is 8.02. The standard InChI is InChI=1S/C31H50N4O5S/c1-6-11-33(12-7-2)28(37)25-24-9-10-31(41-24)26(25)29(38)35(23(21-36)20-22(4)5)27(31)30(39)34(13-8-3)15-14-32-16-18-40-19-17-32/h6,8,22-27,36H,1,3,7,9-21H2,2,4-5H3/t23-,24+,25-,26+,27?,31?/m1/s1. The maximum Gasteiger partial charge on any atom is 0.247 e. The minimum atomic E-state index is -0.715. The van der Waals surface area contributed by atoms with Gasteiger partial charge < -0.3 is 24.5 Å². The minimum absolute atomic E-state index is 0.00287. The van der Waals surface area contributed by atoms with Gasteiger partial charge in [-0.3, -0.25) is 19.3 Å². The van der Waals surface area contributed by atoms with E-state index in [9.17, 15) is 19.5 Å². The van der Waals surface area contributed by atoms with E-state index in [4.69, 9.17) is 4.74 Å². The van der Waals surface area contributed by atoms with E-state index < -0.39 is 28.7 Å². The number of nitrogens with zero attached hydrogens (tertiary/aromatic N) is 4. The molecule has 2 bridgehead atoms. The molecule has 4 saturated heterocycles. The second-order valence-electron chi connectivity index (χ2n) is 12.4. The molecule has 230 valence electrons. The second-order valence-corrected chi connectivity index (χ2v) is 14.0. The first-order valence-electron chi connectivity index (χ1n) is 15.4. The normalized spacial score (nSPS) is 30.0. The average molecular weight is 591 g/mol. The van der Waals surface area contributed by atoms with Crippen LogP contribution in [0.4, 0.5) is 0 Å². The summed E-state index contributed by atoms with van der Waals surface area (Å²) in [5, 5.41) is 10.6. The summed E-state index contributed by atoms with van der Waals surface area (Å²) >= 11 is 1.69. The Hall–Kier alpha value is -1.88. The Balaban J connectivity index is 1.70. The van der Waals surface area contributed by atoms with Crippen molar-refractivity contribution in [3.05, 3.63) is 25.3 Å². The molecule has 9 nitrogen and oxygen atoms in total. The van der Waals surface area contributed by atoms with Crippen LogP contribution in [0.5, 0.6) is 0 Å². The summed E-state index contributed by atoms with van der Waals surface area (Å²) < 4.78 is 4.82.